The van der Waals surface area contributed by atoms with Gasteiger partial charge in [0.25, 0.3) is 11.9 Å². The molecule has 0 bridgehead atoms. The number of aliphatic carboxylic acids is 1. The summed E-state index contributed by atoms with van der Waals surface area (Å²) in [5.74, 6) is 7.12. The maximum Gasteiger partial charge on any atom is 0.336 e. The van der Waals surface area contributed by atoms with Gasteiger partial charge in [-0.2, -0.15) is 0 Å². The molecular formula is C32H24N2O6. The van der Waals surface area contributed by atoms with E-state index in [9.17, 15) is 14.4 Å². The molecule has 40 heavy (non-hydrogen) atoms. The molecule has 2 amide bonds. The van der Waals surface area contributed by atoms with Crippen molar-refractivity contribution >= 4 is 35.1 Å². The number of hydrogen-bond donors (Lipinski definition) is 4. The van der Waals surface area contributed by atoms with Crippen molar-refractivity contribution in [2.75, 3.05) is 10.6 Å². The number of nitrogens with one attached hydrogen (secondary N) is 2. The van der Waals surface area contributed by atoms with Crippen LogP contribution in [0.4, 0.5) is 11.4 Å². The van der Waals surface area contributed by atoms with Crippen LogP contribution in [-0.2, 0) is 9.59 Å². The Hall–Kier alpha value is -6.22. The molecule has 0 fully saturated rings. The third-order valence-corrected chi connectivity index (χ3v) is 4.51. The molecule has 0 aromatic heterocycles. The third kappa shape index (κ3) is 10.8. The smallest absolute Gasteiger partial charge is 0.336 e. The number of carboxylic acid groups (broad SMARTS) is 2. The maximum absolute atomic E-state index is 12.3. The Morgan fingerprint density at radius 3 is 1.30 bits per heavy atom. The average molecular weight is 533 g/mol. The van der Waals surface area contributed by atoms with E-state index in [-0.39, 0.29) is 17.0 Å². The van der Waals surface area contributed by atoms with Crippen molar-refractivity contribution in [3.8, 4) is 49.4 Å². The van der Waals surface area contributed by atoms with Gasteiger partial charge in [-0.1, -0.05) is 35.8 Å². The van der Waals surface area contributed by atoms with Crippen LogP contribution in [0, 0.1) is 49.4 Å². The van der Waals surface area contributed by atoms with Crippen LogP contribution in [-0.4, -0.2) is 34.0 Å². The lowest BCUT2D eigenvalue weighted by Crippen LogP contribution is -2.16. The minimum absolute atomic E-state index is 0.0587. The summed E-state index contributed by atoms with van der Waals surface area (Å²) in [6.45, 7) is 2.51. The van der Waals surface area contributed by atoms with Gasteiger partial charge in [-0.15, -0.1) is 25.7 Å². The molecule has 3 aromatic carbocycles. The van der Waals surface area contributed by atoms with E-state index in [4.69, 9.17) is 40.7 Å². The molecule has 0 aliphatic rings. The molecule has 0 saturated heterocycles. The summed E-state index contributed by atoms with van der Waals surface area (Å²) in [6, 6.07) is 15.9. The highest BCUT2D eigenvalue weighted by Crippen LogP contribution is 2.17. The molecular weight excluding hydrogens is 508 g/mol. The SMILES string of the molecule is C#Cc1cc(C#C)cc(NC(=O)c2ccccc2C(=O)O)c1.C#Cc1cc(C#C)cc(NC(C)=O)c1.CC(=O)O. The van der Waals surface area contributed by atoms with E-state index >= 15 is 0 Å². The van der Waals surface area contributed by atoms with Gasteiger partial charge in [0, 0.05) is 47.5 Å². The highest BCUT2D eigenvalue weighted by Gasteiger charge is 2.16. The Morgan fingerprint density at radius 2 is 0.975 bits per heavy atom. The highest BCUT2D eigenvalue weighted by molar-refractivity contribution is 6.10. The van der Waals surface area contributed by atoms with Crippen LogP contribution in [0.2, 0.25) is 0 Å². The van der Waals surface area contributed by atoms with Crippen LogP contribution < -0.4 is 10.6 Å². The van der Waals surface area contributed by atoms with Gasteiger partial charge in [-0.3, -0.25) is 14.4 Å². The second-order valence-corrected chi connectivity index (χ2v) is 7.68. The molecule has 8 heteroatoms. The Bertz CT molecular complexity index is 1540. The lowest BCUT2D eigenvalue weighted by Gasteiger charge is -2.09. The molecule has 0 saturated carbocycles. The van der Waals surface area contributed by atoms with E-state index in [0.29, 0.717) is 33.6 Å². The number of terminal acetylenes is 4. The van der Waals surface area contributed by atoms with E-state index in [0.717, 1.165) is 6.92 Å². The second kappa shape index (κ2) is 15.8. The fourth-order valence-electron chi connectivity index (χ4n) is 3.00. The van der Waals surface area contributed by atoms with Gasteiger partial charge in [0.15, 0.2) is 0 Å². The number of carbonyl (C=O) groups is 4. The Morgan fingerprint density at radius 1 is 0.625 bits per heavy atom. The highest BCUT2D eigenvalue weighted by atomic mass is 16.4. The number of anilines is 2. The maximum atomic E-state index is 12.3. The van der Waals surface area contributed by atoms with E-state index in [1.165, 1.54) is 19.1 Å². The molecule has 0 radical (unpaired) electrons. The molecule has 0 spiro atoms. The number of carbonyl (C=O) groups excluding carboxylic acids is 2. The van der Waals surface area contributed by atoms with Crippen LogP contribution in [0.15, 0.2) is 60.7 Å². The van der Waals surface area contributed by atoms with E-state index in [1.54, 1.807) is 48.5 Å². The number of benzene rings is 3. The van der Waals surface area contributed by atoms with E-state index < -0.39 is 17.8 Å². The minimum Gasteiger partial charge on any atom is -0.481 e. The lowest BCUT2D eigenvalue weighted by atomic mass is 10.1. The van der Waals surface area contributed by atoms with Crippen LogP contribution >= 0.6 is 0 Å². The number of rotatable bonds is 4. The van der Waals surface area contributed by atoms with Crippen molar-refractivity contribution in [2.24, 2.45) is 0 Å². The van der Waals surface area contributed by atoms with Crippen molar-refractivity contribution in [1.82, 2.24) is 0 Å². The predicted molar refractivity (Wildman–Crippen MR) is 154 cm³/mol. The topological polar surface area (TPSA) is 133 Å². The number of aromatic carboxylic acids is 1. The molecule has 0 heterocycles. The molecule has 0 unspecified atom stereocenters. The summed E-state index contributed by atoms with van der Waals surface area (Å²) >= 11 is 0. The molecule has 3 rings (SSSR count). The van der Waals surface area contributed by atoms with Crippen LogP contribution in [0.25, 0.3) is 0 Å². The third-order valence-electron chi connectivity index (χ3n) is 4.51. The van der Waals surface area contributed by atoms with Crippen molar-refractivity contribution in [3.63, 3.8) is 0 Å². The number of hydrogen-bond acceptors (Lipinski definition) is 4. The second-order valence-electron chi connectivity index (χ2n) is 7.68. The largest absolute Gasteiger partial charge is 0.481 e. The minimum atomic E-state index is -1.17. The molecule has 0 atom stereocenters. The molecule has 198 valence electrons. The summed E-state index contributed by atoms with van der Waals surface area (Å²) in [5.41, 5.74) is 3.38. The zero-order valence-corrected chi connectivity index (χ0v) is 21.6. The molecule has 4 N–H and O–H groups in total. The summed E-state index contributed by atoms with van der Waals surface area (Å²) in [7, 11) is 0. The Labute approximate surface area is 232 Å². The van der Waals surface area contributed by atoms with Crippen LogP contribution in [0.1, 0.15) is 56.8 Å². The fraction of sp³-hybridized carbons (Fsp3) is 0.0625. The standard InChI is InChI=1S/C18H11NO3.C12H9NO.C2H4O2/c1-3-12-9-13(4-2)11-14(10-12)19-17(20)15-7-5-6-8-16(15)18(21)22;1-4-10-6-11(5-2)8-12(7-10)13-9(3)14;1-2(3)4/h1-2,5-11H,(H,19,20)(H,21,22);1-2,6-8H,3H3,(H,13,14);1H3,(H,3,4). The van der Waals surface area contributed by atoms with Gasteiger partial charge < -0.3 is 20.8 Å². The van der Waals surface area contributed by atoms with Gasteiger partial charge >= 0.3 is 5.97 Å². The average Bonchev–Trinajstić information content (AvgIpc) is 2.92. The first-order valence-corrected chi connectivity index (χ1v) is 11.2. The zero-order valence-electron chi connectivity index (χ0n) is 21.6. The molecule has 3 aromatic rings. The molecule has 8 nitrogen and oxygen atoms in total. The van der Waals surface area contributed by atoms with Gasteiger partial charge in [-0.05, 0) is 48.5 Å². The van der Waals surface area contributed by atoms with E-state index in [1.807, 2.05) is 0 Å². The van der Waals surface area contributed by atoms with Gasteiger partial charge in [0.1, 0.15) is 0 Å². The van der Waals surface area contributed by atoms with E-state index in [2.05, 4.69) is 34.3 Å². The quantitative estimate of drug-likeness (QED) is 0.371. The summed E-state index contributed by atoms with van der Waals surface area (Å²) in [4.78, 5) is 43.2. The first kappa shape index (κ1) is 31.8. The normalized spacial score (nSPS) is 8.75. The molecule has 0 aliphatic heterocycles. The van der Waals surface area contributed by atoms with Crippen molar-refractivity contribution < 1.29 is 29.4 Å². The van der Waals surface area contributed by atoms with Crippen LogP contribution in [0.5, 0.6) is 0 Å². The summed E-state index contributed by atoms with van der Waals surface area (Å²) in [5, 5.41) is 21.8. The summed E-state index contributed by atoms with van der Waals surface area (Å²) in [6.07, 6.45) is 21.2. The predicted octanol–water partition coefficient (Wildman–Crippen LogP) is 4.30. The van der Waals surface area contributed by atoms with Gasteiger partial charge in [0.2, 0.25) is 5.91 Å². The van der Waals surface area contributed by atoms with Crippen molar-refractivity contribution in [3.05, 3.63) is 94.0 Å². The van der Waals surface area contributed by atoms with Crippen LogP contribution in [0.3, 0.4) is 0 Å². The monoisotopic (exact) mass is 532 g/mol. The van der Waals surface area contributed by atoms with Crippen molar-refractivity contribution in [2.45, 2.75) is 13.8 Å². The van der Waals surface area contributed by atoms with Crippen molar-refractivity contribution in [1.29, 1.82) is 0 Å². The Balaban J connectivity index is 0.000000380. The van der Waals surface area contributed by atoms with Gasteiger partial charge in [0.05, 0.1) is 11.1 Å². The Kier molecular flexibility index (Phi) is 12.6. The first-order valence-electron chi connectivity index (χ1n) is 11.2. The number of carboxylic acids is 2. The molecule has 0 aliphatic carbocycles. The zero-order chi connectivity index (χ0) is 30.2. The number of amides is 2. The van der Waals surface area contributed by atoms with Gasteiger partial charge in [-0.25, -0.2) is 4.79 Å². The summed E-state index contributed by atoms with van der Waals surface area (Å²) < 4.78 is 0. The first-order chi connectivity index (χ1) is 18.9. The fourth-order valence-corrected chi connectivity index (χ4v) is 3.00. The lowest BCUT2D eigenvalue weighted by molar-refractivity contribution is -0.134.